The Labute approximate surface area is 184 Å². The minimum Gasteiger partial charge on any atom is -0.440 e. The topological polar surface area (TPSA) is 89.3 Å². The van der Waals surface area contributed by atoms with Crippen molar-refractivity contribution in [2.75, 3.05) is 18.5 Å². The summed E-state index contributed by atoms with van der Waals surface area (Å²) < 4.78 is 11.1. The van der Waals surface area contributed by atoms with E-state index in [0.717, 1.165) is 42.7 Å². The minimum absolute atomic E-state index is 0.0399. The first-order chi connectivity index (χ1) is 15.1. The first-order valence-corrected chi connectivity index (χ1v) is 11.1. The van der Waals surface area contributed by atoms with Crippen LogP contribution < -0.4 is 10.6 Å². The summed E-state index contributed by atoms with van der Waals surface area (Å²) in [7, 11) is 0. The van der Waals surface area contributed by atoms with Crippen LogP contribution in [-0.2, 0) is 4.74 Å². The molecule has 7 nitrogen and oxygen atoms in total. The number of hydrogen-bond donors (Lipinski definition) is 2. The molecule has 8 heteroatoms. The maximum atomic E-state index is 12.7. The van der Waals surface area contributed by atoms with Gasteiger partial charge in [0.25, 0.3) is 5.91 Å². The maximum absolute atomic E-state index is 12.7. The van der Waals surface area contributed by atoms with Crippen LogP contribution in [0.2, 0.25) is 5.02 Å². The number of amides is 1. The zero-order valence-corrected chi connectivity index (χ0v) is 17.7. The number of pyridine rings is 1. The highest BCUT2D eigenvalue weighted by Gasteiger charge is 2.54. The molecule has 3 fully saturated rings. The average Bonchev–Trinajstić information content (AvgIpc) is 3.08. The summed E-state index contributed by atoms with van der Waals surface area (Å²) in [6.07, 6.45) is 5.82. The van der Waals surface area contributed by atoms with E-state index in [1.165, 1.54) is 0 Å². The predicted octanol–water partition coefficient (Wildman–Crippen LogP) is 4.14. The third kappa shape index (κ3) is 3.55. The highest BCUT2D eigenvalue weighted by Crippen LogP contribution is 2.61. The quantitative estimate of drug-likeness (QED) is 0.622. The Balaban J connectivity index is 1.02. The van der Waals surface area contributed by atoms with Gasteiger partial charge in [0.05, 0.1) is 19.3 Å². The number of carbonyl (C=O) groups excluding carboxylic acids is 1. The molecule has 1 spiro atoms. The molecule has 0 unspecified atom stereocenters. The Hall–Kier alpha value is -2.64. The molecule has 0 atom stereocenters. The average molecular weight is 439 g/mol. The normalized spacial score (nSPS) is 27.4. The van der Waals surface area contributed by atoms with Crippen molar-refractivity contribution >= 4 is 34.4 Å². The molecule has 31 heavy (non-hydrogen) atoms. The van der Waals surface area contributed by atoms with Crippen molar-refractivity contribution in [1.82, 2.24) is 15.3 Å². The number of benzene rings is 1. The van der Waals surface area contributed by atoms with E-state index in [4.69, 9.17) is 20.8 Å². The number of aromatic nitrogens is 2. The Bertz CT molecular complexity index is 1140. The van der Waals surface area contributed by atoms with E-state index in [2.05, 4.69) is 20.6 Å². The molecule has 3 aromatic rings. The van der Waals surface area contributed by atoms with E-state index < -0.39 is 0 Å². The van der Waals surface area contributed by atoms with Crippen LogP contribution in [0.15, 0.2) is 40.9 Å². The van der Waals surface area contributed by atoms with E-state index >= 15 is 0 Å². The summed E-state index contributed by atoms with van der Waals surface area (Å²) in [5.74, 6) is 1.84. The first kappa shape index (κ1) is 19.1. The van der Waals surface area contributed by atoms with Crippen molar-refractivity contribution in [3.63, 3.8) is 0 Å². The van der Waals surface area contributed by atoms with Crippen LogP contribution in [0.4, 0.5) is 5.82 Å². The number of nitrogens with zero attached hydrogens (tertiary/aromatic N) is 2. The molecule has 6 rings (SSSR count). The van der Waals surface area contributed by atoms with Crippen molar-refractivity contribution in [1.29, 1.82) is 0 Å². The number of rotatable bonds is 5. The molecule has 1 saturated heterocycles. The molecule has 1 aliphatic heterocycles. The Kier molecular flexibility index (Phi) is 4.43. The van der Waals surface area contributed by atoms with E-state index in [1.807, 2.05) is 18.2 Å². The van der Waals surface area contributed by atoms with Crippen molar-refractivity contribution in [3.8, 4) is 0 Å². The van der Waals surface area contributed by atoms with E-state index in [1.54, 1.807) is 18.3 Å². The van der Waals surface area contributed by atoms with Gasteiger partial charge >= 0.3 is 0 Å². The number of fused-ring (bicyclic) bond motifs is 1. The van der Waals surface area contributed by atoms with Crippen molar-refractivity contribution in [2.45, 2.75) is 43.7 Å². The third-order valence-electron chi connectivity index (χ3n) is 6.78. The molecule has 0 bridgehead atoms. The van der Waals surface area contributed by atoms with Gasteiger partial charge in [0.15, 0.2) is 11.5 Å². The first-order valence-electron chi connectivity index (χ1n) is 10.7. The molecule has 2 aliphatic carbocycles. The lowest BCUT2D eigenvalue weighted by molar-refractivity contribution is -0.0253. The van der Waals surface area contributed by atoms with E-state index in [0.29, 0.717) is 41.0 Å². The maximum Gasteiger partial charge on any atom is 0.251 e. The molecule has 3 aliphatic rings. The van der Waals surface area contributed by atoms with Gasteiger partial charge in [-0.15, -0.1) is 0 Å². The predicted molar refractivity (Wildman–Crippen MR) is 116 cm³/mol. The lowest BCUT2D eigenvalue weighted by Gasteiger charge is -2.57. The Morgan fingerprint density at radius 2 is 1.94 bits per heavy atom. The lowest BCUT2D eigenvalue weighted by atomic mass is 9.50. The number of nitrogens with one attached hydrogen (secondary N) is 2. The zero-order valence-electron chi connectivity index (χ0n) is 16.9. The van der Waals surface area contributed by atoms with Gasteiger partial charge in [-0.2, -0.15) is 0 Å². The van der Waals surface area contributed by atoms with Crippen LogP contribution in [0.5, 0.6) is 0 Å². The van der Waals surface area contributed by atoms with E-state index in [-0.39, 0.29) is 18.0 Å². The number of hydrogen-bond acceptors (Lipinski definition) is 6. The summed E-state index contributed by atoms with van der Waals surface area (Å²) in [4.78, 5) is 21.6. The molecule has 3 heterocycles. The smallest absolute Gasteiger partial charge is 0.251 e. The molecule has 160 valence electrons. The van der Waals surface area contributed by atoms with Crippen molar-refractivity contribution in [3.05, 3.63) is 53.0 Å². The van der Waals surface area contributed by atoms with Crippen molar-refractivity contribution < 1.29 is 13.9 Å². The number of oxazole rings is 1. The highest BCUT2D eigenvalue weighted by atomic mass is 35.5. The summed E-state index contributed by atoms with van der Waals surface area (Å²) in [5, 5.41) is 7.13. The van der Waals surface area contributed by atoms with Crippen LogP contribution in [0.25, 0.3) is 11.1 Å². The SMILES string of the molecule is O=C(NC1CC2(C1)CC(c1nc3cc(Cl)ccc3o1)C2)c1ccnc(NC2COC2)c1. The Morgan fingerprint density at radius 1 is 1.10 bits per heavy atom. The number of halogens is 1. The fourth-order valence-electron chi connectivity index (χ4n) is 5.12. The molecule has 2 aromatic heterocycles. The van der Waals surface area contributed by atoms with Gasteiger partial charge in [-0.1, -0.05) is 11.6 Å². The molecule has 2 N–H and O–H groups in total. The van der Waals surface area contributed by atoms with Crippen LogP contribution in [0.3, 0.4) is 0 Å². The van der Waals surface area contributed by atoms with Gasteiger partial charge in [0.1, 0.15) is 11.3 Å². The second-order valence-corrected chi connectivity index (χ2v) is 9.59. The van der Waals surface area contributed by atoms with Gasteiger partial charge in [-0.25, -0.2) is 9.97 Å². The second-order valence-electron chi connectivity index (χ2n) is 9.16. The van der Waals surface area contributed by atoms with Gasteiger partial charge in [-0.3, -0.25) is 4.79 Å². The largest absolute Gasteiger partial charge is 0.440 e. The number of carbonyl (C=O) groups is 1. The van der Waals surface area contributed by atoms with Crippen LogP contribution >= 0.6 is 11.6 Å². The van der Waals surface area contributed by atoms with Crippen LogP contribution in [-0.4, -0.2) is 41.2 Å². The highest BCUT2D eigenvalue weighted by molar-refractivity contribution is 6.31. The minimum atomic E-state index is -0.0399. The number of ether oxygens (including phenoxy) is 1. The standard InChI is InChI=1S/C23H23ClN4O3/c24-15-1-2-19-18(6-15)28-22(31-19)14-7-23(8-14)9-16(10-23)27-21(29)13-3-4-25-20(5-13)26-17-11-30-12-17/h1-6,14,16-17H,7-12H2,(H,25,26)(H,27,29). The summed E-state index contributed by atoms with van der Waals surface area (Å²) in [6.45, 7) is 1.36. The van der Waals surface area contributed by atoms with Crippen molar-refractivity contribution in [2.24, 2.45) is 5.41 Å². The fraction of sp³-hybridized carbons (Fsp3) is 0.435. The van der Waals surface area contributed by atoms with Gasteiger partial charge in [-0.05, 0) is 61.4 Å². The van der Waals surface area contributed by atoms with Crippen LogP contribution in [0, 0.1) is 5.41 Å². The molecule has 1 aromatic carbocycles. The molecular formula is C23H23ClN4O3. The summed E-state index contributed by atoms with van der Waals surface area (Å²) >= 11 is 6.05. The molecule has 0 radical (unpaired) electrons. The summed E-state index contributed by atoms with van der Waals surface area (Å²) in [6, 6.07) is 9.60. The zero-order chi connectivity index (χ0) is 21.0. The van der Waals surface area contributed by atoms with E-state index in [9.17, 15) is 4.79 Å². The van der Waals surface area contributed by atoms with Gasteiger partial charge in [0.2, 0.25) is 0 Å². The Morgan fingerprint density at radius 3 is 2.71 bits per heavy atom. The molecular weight excluding hydrogens is 416 g/mol. The van der Waals surface area contributed by atoms with Gasteiger partial charge < -0.3 is 19.8 Å². The number of anilines is 1. The summed E-state index contributed by atoms with van der Waals surface area (Å²) in [5.41, 5.74) is 2.56. The third-order valence-corrected chi connectivity index (χ3v) is 7.02. The second kappa shape index (κ2) is 7.21. The van der Waals surface area contributed by atoms with Gasteiger partial charge in [0, 0.05) is 28.7 Å². The molecule has 1 amide bonds. The monoisotopic (exact) mass is 438 g/mol. The molecule has 2 saturated carbocycles. The van der Waals surface area contributed by atoms with Crippen LogP contribution in [0.1, 0.15) is 47.8 Å². The fourth-order valence-corrected chi connectivity index (χ4v) is 5.29. The lowest BCUT2D eigenvalue weighted by Crippen LogP contribution is -2.55.